The molecule has 1 aromatic carbocycles. The number of rotatable bonds is 9. The molecular weight excluding hydrogens is 336 g/mol. The number of hydrogen-bond donors (Lipinski definition) is 2. The molecule has 0 saturated heterocycles. The number of carbonyl (C=O) groups is 3. The van der Waals surface area contributed by atoms with Gasteiger partial charge in [0.2, 0.25) is 5.91 Å². The van der Waals surface area contributed by atoms with Crippen LogP contribution in [-0.4, -0.2) is 37.2 Å². The third-order valence-electron chi connectivity index (χ3n) is 3.64. The zero-order chi connectivity index (χ0) is 19.5. The van der Waals surface area contributed by atoms with Crippen LogP contribution in [0.25, 0.3) is 0 Å². The number of carbonyl (C=O) groups excluding carboxylic acids is 3. The quantitative estimate of drug-likeness (QED) is 0.519. The highest BCUT2D eigenvalue weighted by Gasteiger charge is 2.29. The molecule has 0 fully saturated rings. The van der Waals surface area contributed by atoms with Gasteiger partial charge < -0.3 is 20.1 Å². The lowest BCUT2D eigenvalue weighted by molar-refractivity contribution is -0.145. The van der Waals surface area contributed by atoms with Crippen LogP contribution in [0.3, 0.4) is 0 Å². The highest BCUT2D eigenvalue weighted by atomic mass is 16.5. The van der Waals surface area contributed by atoms with Gasteiger partial charge in [0.25, 0.3) is 0 Å². The summed E-state index contributed by atoms with van der Waals surface area (Å²) in [5, 5.41) is 5.11. The van der Waals surface area contributed by atoms with Crippen molar-refractivity contribution in [1.82, 2.24) is 10.6 Å². The van der Waals surface area contributed by atoms with E-state index in [1.807, 2.05) is 30.3 Å². The van der Waals surface area contributed by atoms with Crippen molar-refractivity contribution in [3.8, 4) is 0 Å². The number of alkyl carbamates (subject to hydrolysis) is 1. The lowest BCUT2D eigenvalue weighted by Crippen LogP contribution is -2.53. The van der Waals surface area contributed by atoms with Gasteiger partial charge in [0.15, 0.2) is 0 Å². The maximum Gasteiger partial charge on any atom is 0.408 e. The zero-order valence-electron chi connectivity index (χ0n) is 15.4. The summed E-state index contributed by atoms with van der Waals surface area (Å²) in [6, 6.07) is 7.50. The average molecular weight is 362 g/mol. The van der Waals surface area contributed by atoms with Crippen LogP contribution in [0.15, 0.2) is 43.0 Å². The van der Waals surface area contributed by atoms with Crippen LogP contribution in [0.1, 0.15) is 25.8 Å². The van der Waals surface area contributed by atoms with Crippen molar-refractivity contribution < 1.29 is 23.9 Å². The van der Waals surface area contributed by atoms with Gasteiger partial charge in [0, 0.05) is 0 Å². The van der Waals surface area contributed by atoms with E-state index in [4.69, 9.17) is 4.74 Å². The van der Waals surface area contributed by atoms with E-state index in [2.05, 4.69) is 21.9 Å². The van der Waals surface area contributed by atoms with Gasteiger partial charge in [-0.15, -0.1) is 6.58 Å². The van der Waals surface area contributed by atoms with Crippen LogP contribution in [-0.2, 0) is 25.7 Å². The molecule has 26 heavy (non-hydrogen) atoms. The first kappa shape index (κ1) is 21.2. The molecule has 0 saturated carbocycles. The Labute approximate surface area is 153 Å². The van der Waals surface area contributed by atoms with Gasteiger partial charge in [-0.3, -0.25) is 4.79 Å². The molecule has 0 aliphatic rings. The predicted octanol–water partition coefficient (Wildman–Crippen LogP) is 2.17. The summed E-state index contributed by atoms with van der Waals surface area (Å²) in [6.45, 7) is 7.21. The molecule has 0 aliphatic heterocycles. The van der Waals surface area contributed by atoms with Crippen molar-refractivity contribution in [2.24, 2.45) is 5.92 Å². The number of ether oxygens (including phenoxy) is 2. The molecule has 2 atom stereocenters. The second kappa shape index (κ2) is 10.9. The monoisotopic (exact) mass is 362 g/mol. The first-order chi connectivity index (χ1) is 12.4. The molecule has 2 amide bonds. The molecule has 0 aromatic heterocycles. The Hall–Kier alpha value is -2.83. The van der Waals surface area contributed by atoms with Crippen molar-refractivity contribution in [2.45, 2.75) is 39.0 Å². The molecule has 0 aliphatic carbocycles. The van der Waals surface area contributed by atoms with E-state index in [9.17, 15) is 14.4 Å². The first-order valence-electron chi connectivity index (χ1n) is 8.35. The van der Waals surface area contributed by atoms with Crippen LogP contribution in [0.2, 0.25) is 0 Å². The topological polar surface area (TPSA) is 93.7 Å². The van der Waals surface area contributed by atoms with Crippen molar-refractivity contribution in [1.29, 1.82) is 0 Å². The Bertz CT molecular complexity index is 616. The molecular formula is C19H26N2O5. The molecule has 1 aromatic rings. The van der Waals surface area contributed by atoms with Gasteiger partial charge in [-0.1, -0.05) is 50.3 Å². The van der Waals surface area contributed by atoms with Gasteiger partial charge in [0.1, 0.15) is 18.7 Å². The third-order valence-corrected chi connectivity index (χ3v) is 3.64. The predicted molar refractivity (Wildman–Crippen MR) is 97.1 cm³/mol. The zero-order valence-corrected chi connectivity index (χ0v) is 15.4. The molecule has 1 rings (SSSR count). The van der Waals surface area contributed by atoms with Crippen LogP contribution >= 0.6 is 0 Å². The fraction of sp³-hybridized carbons (Fsp3) is 0.421. The molecule has 7 nitrogen and oxygen atoms in total. The second-order valence-electron chi connectivity index (χ2n) is 6.04. The van der Waals surface area contributed by atoms with E-state index < -0.39 is 30.1 Å². The molecule has 0 radical (unpaired) electrons. The molecule has 7 heteroatoms. The van der Waals surface area contributed by atoms with Crippen molar-refractivity contribution in [2.75, 3.05) is 7.11 Å². The normalized spacial score (nSPS) is 12.6. The second-order valence-corrected chi connectivity index (χ2v) is 6.04. The minimum atomic E-state index is -0.853. The van der Waals surface area contributed by atoms with Crippen molar-refractivity contribution >= 4 is 18.0 Å². The fourth-order valence-corrected chi connectivity index (χ4v) is 2.21. The SMILES string of the molecule is C=CC[C@@H](NC(=O)[C@@H](NC(=O)OCc1ccccc1)C(C)C)C(=O)OC. The number of amides is 2. The van der Waals surface area contributed by atoms with E-state index in [-0.39, 0.29) is 18.9 Å². The Morgan fingerprint density at radius 1 is 1.15 bits per heavy atom. The van der Waals surface area contributed by atoms with Crippen LogP contribution in [0, 0.1) is 5.92 Å². The fourth-order valence-electron chi connectivity index (χ4n) is 2.21. The summed E-state index contributed by atoms with van der Waals surface area (Å²) in [6.07, 6.45) is 1.02. The summed E-state index contributed by atoms with van der Waals surface area (Å²) >= 11 is 0. The number of nitrogens with one attached hydrogen (secondary N) is 2. The summed E-state index contributed by atoms with van der Waals surface area (Å²) < 4.78 is 9.80. The summed E-state index contributed by atoms with van der Waals surface area (Å²) in [5.41, 5.74) is 0.838. The van der Waals surface area contributed by atoms with Gasteiger partial charge in [-0.2, -0.15) is 0 Å². The third kappa shape index (κ3) is 6.96. The van der Waals surface area contributed by atoms with Gasteiger partial charge in [-0.25, -0.2) is 9.59 Å². The Balaban J connectivity index is 2.65. The average Bonchev–Trinajstić information content (AvgIpc) is 2.63. The van der Waals surface area contributed by atoms with Crippen molar-refractivity contribution in [3.63, 3.8) is 0 Å². The van der Waals surface area contributed by atoms with E-state index in [1.54, 1.807) is 13.8 Å². The van der Waals surface area contributed by atoms with E-state index in [0.29, 0.717) is 0 Å². The maximum absolute atomic E-state index is 12.5. The summed E-state index contributed by atoms with van der Waals surface area (Å²) in [5.74, 6) is -1.28. The standard InChI is InChI=1S/C19H26N2O5/c1-5-9-15(18(23)25-4)20-17(22)16(13(2)3)21-19(24)26-12-14-10-7-6-8-11-14/h5-8,10-11,13,15-16H,1,9,12H2,2-4H3,(H,20,22)(H,21,24)/t15-,16+/m1/s1. The van der Waals surface area contributed by atoms with E-state index in [1.165, 1.54) is 13.2 Å². The maximum atomic E-state index is 12.5. The van der Waals surface area contributed by atoms with E-state index in [0.717, 1.165) is 5.56 Å². The number of methoxy groups -OCH3 is 1. The largest absolute Gasteiger partial charge is 0.467 e. The molecule has 142 valence electrons. The van der Waals surface area contributed by atoms with Crippen molar-refractivity contribution in [3.05, 3.63) is 48.6 Å². The molecule has 0 bridgehead atoms. The molecule has 0 unspecified atom stereocenters. The minimum absolute atomic E-state index is 0.0976. The lowest BCUT2D eigenvalue weighted by Gasteiger charge is -2.24. The van der Waals surface area contributed by atoms with E-state index >= 15 is 0 Å². The van der Waals surface area contributed by atoms with Gasteiger partial charge in [-0.05, 0) is 17.9 Å². The van der Waals surface area contributed by atoms with Crippen LogP contribution in [0.4, 0.5) is 4.79 Å². The Morgan fingerprint density at radius 2 is 1.81 bits per heavy atom. The molecule has 0 spiro atoms. The van der Waals surface area contributed by atoms with Crippen LogP contribution in [0.5, 0.6) is 0 Å². The Kier molecular flexibility index (Phi) is 8.91. The summed E-state index contributed by atoms with van der Waals surface area (Å²) in [7, 11) is 1.24. The number of esters is 1. The van der Waals surface area contributed by atoms with Crippen LogP contribution < -0.4 is 10.6 Å². The number of benzene rings is 1. The van der Waals surface area contributed by atoms with Gasteiger partial charge in [0.05, 0.1) is 7.11 Å². The summed E-state index contributed by atoms with van der Waals surface area (Å²) in [4.78, 5) is 36.2. The highest BCUT2D eigenvalue weighted by Crippen LogP contribution is 2.06. The molecule has 0 heterocycles. The Morgan fingerprint density at radius 3 is 2.35 bits per heavy atom. The molecule has 2 N–H and O–H groups in total. The number of hydrogen-bond acceptors (Lipinski definition) is 5. The minimum Gasteiger partial charge on any atom is -0.467 e. The first-order valence-corrected chi connectivity index (χ1v) is 8.35. The smallest absolute Gasteiger partial charge is 0.408 e. The highest BCUT2D eigenvalue weighted by molar-refractivity contribution is 5.89. The lowest BCUT2D eigenvalue weighted by atomic mass is 10.0. The van der Waals surface area contributed by atoms with Gasteiger partial charge >= 0.3 is 12.1 Å².